The number of carbonyl (C=O) groups excluding carboxylic acids is 1. The number of carbonyl (C=O) groups is 1. The van der Waals surface area contributed by atoms with E-state index in [1.165, 1.54) is 12.1 Å². The van der Waals surface area contributed by atoms with Crippen molar-refractivity contribution in [2.24, 2.45) is 0 Å². The molecule has 0 saturated heterocycles. The maximum atomic E-state index is 11.6. The zero-order chi connectivity index (χ0) is 12.1. The fourth-order valence-corrected chi connectivity index (χ4v) is 1.26. The van der Waals surface area contributed by atoms with E-state index >= 15 is 0 Å². The minimum Gasteiger partial charge on any atom is -0.508 e. The molecule has 0 radical (unpaired) electrons. The summed E-state index contributed by atoms with van der Waals surface area (Å²) < 4.78 is 0. The second-order valence-electron chi connectivity index (χ2n) is 3.52. The molecule has 0 aromatic heterocycles. The molecule has 1 rings (SSSR count). The van der Waals surface area contributed by atoms with Crippen molar-refractivity contribution in [2.45, 2.75) is 19.4 Å². The van der Waals surface area contributed by atoms with E-state index in [0.717, 1.165) is 6.07 Å². The zero-order valence-corrected chi connectivity index (χ0v) is 8.90. The number of hydrogen-bond acceptors (Lipinski definition) is 3. The van der Waals surface area contributed by atoms with Crippen LogP contribution >= 0.6 is 0 Å². The largest absolute Gasteiger partial charge is 0.508 e. The lowest BCUT2D eigenvalue weighted by atomic mass is 10.1. The third-order valence-corrected chi connectivity index (χ3v) is 1.97. The Morgan fingerprint density at radius 1 is 1.44 bits per heavy atom. The highest BCUT2D eigenvalue weighted by molar-refractivity contribution is 5.95. The molecule has 0 bridgehead atoms. The van der Waals surface area contributed by atoms with Gasteiger partial charge in [0.2, 0.25) is 0 Å². The number of phenolic OH excluding ortho intramolecular Hbond substituents is 2. The Morgan fingerprint density at radius 2 is 2.00 bits per heavy atom. The Morgan fingerprint density at radius 3 is 2.50 bits per heavy atom. The monoisotopic (exact) mass is 219 g/mol. The number of hydrogen-bond donors (Lipinski definition) is 3. The maximum absolute atomic E-state index is 11.6. The zero-order valence-electron chi connectivity index (χ0n) is 8.90. The lowest BCUT2D eigenvalue weighted by molar-refractivity contribution is 0.0940. The minimum atomic E-state index is -0.381. The SMILES string of the molecule is C#CCC(C)NC(=O)c1cc(O)cc(O)c1. The van der Waals surface area contributed by atoms with Crippen LogP contribution in [-0.2, 0) is 0 Å². The molecule has 1 unspecified atom stereocenters. The molecule has 0 aliphatic rings. The van der Waals surface area contributed by atoms with E-state index in [-0.39, 0.29) is 29.0 Å². The van der Waals surface area contributed by atoms with Crippen LogP contribution in [0.15, 0.2) is 18.2 Å². The summed E-state index contributed by atoms with van der Waals surface area (Å²) in [4.78, 5) is 11.6. The number of benzene rings is 1. The molecule has 4 nitrogen and oxygen atoms in total. The van der Waals surface area contributed by atoms with E-state index in [4.69, 9.17) is 6.42 Å². The highest BCUT2D eigenvalue weighted by atomic mass is 16.3. The van der Waals surface area contributed by atoms with Crippen LogP contribution in [0.3, 0.4) is 0 Å². The van der Waals surface area contributed by atoms with Gasteiger partial charge in [0.1, 0.15) is 11.5 Å². The third kappa shape index (κ3) is 3.21. The number of rotatable bonds is 3. The third-order valence-electron chi connectivity index (χ3n) is 1.97. The van der Waals surface area contributed by atoms with Crippen LogP contribution < -0.4 is 5.32 Å². The average molecular weight is 219 g/mol. The molecule has 1 amide bonds. The molecule has 0 fully saturated rings. The predicted molar refractivity (Wildman–Crippen MR) is 60.1 cm³/mol. The van der Waals surface area contributed by atoms with E-state index in [1.54, 1.807) is 6.92 Å². The van der Waals surface area contributed by atoms with Gasteiger partial charge in [0.25, 0.3) is 5.91 Å². The summed E-state index contributed by atoms with van der Waals surface area (Å²) in [6.45, 7) is 1.78. The summed E-state index contributed by atoms with van der Waals surface area (Å²) in [6, 6.07) is 3.55. The molecule has 0 heterocycles. The van der Waals surface area contributed by atoms with E-state index in [2.05, 4.69) is 11.2 Å². The number of aromatic hydroxyl groups is 2. The Labute approximate surface area is 93.9 Å². The number of nitrogens with one attached hydrogen (secondary N) is 1. The van der Waals surface area contributed by atoms with Gasteiger partial charge >= 0.3 is 0 Å². The molecule has 0 aliphatic heterocycles. The van der Waals surface area contributed by atoms with E-state index in [9.17, 15) is 15.0 Å². The van der Waals surface area contributed by atoms with Crippen molar-refractivity contribution >= 4 is 5.91 Å². The van der Waals surface area contributed by atoms with Crippen LogP contribution in [0.4, 0.5) is 0 Å². The first-order valence-electron chi connectivity index (χ1n) is 4.80. The average Bonchev–Trinajstić information content (AvgIpc) is 2.16. The van der Waals surface area contributed by atoms with Crippen LogP contribution in [-0.4, -0.2) is 22.2 Å². The summed E-state index contributed by atoms with van der Waals surface area (Å²) in [5.74, 6) is 1.74. The van der Waals surface area contributed by atoms with Crippen molar-refractivity contribution in [1.82, 2.24) is 5.32 Å². The van der Waals surface area contributed by atoms with Gasteiger partial charge in [0.05, 0.1) is 0 Å². The first kappa shape index (κ1) is 11.9. The Kier molecular flexibility index (Phi) is 3.78. The second kappa shape index (κ2) is 5.08. The molecule has 16 heavy (non-hydrogen) atoms. The molecular weight excluding hydrogens is 206 g/mol. The Bertz CT molecular complexity index is 414. The standard InChI is InChI=1S/C12H13NO3/c1-3-4-8(2)13-12(16)9-5-10(14)7-11(15)6-9/h1,5-8,14-15H,4H2,2H3,(H,13,16). The lowest BCUT2D eigenvalue weighted by Gasteiger charge is -2.11. The van der Waals surface area contributed by atoms with Crippen LogP contribution in [0.5, 0.6) is 11.5 Å². The van der Waals surface area contributed by atoms with Gasteiger partial charge in [-0.15, -0.1) is 12.3 Å². The van der Waals surface area contributed by atoms with E-state index < -0.39 is 0 Å². The first-order valence-corrected chi connectivity index (χ1v) is 4.80. The van der Waals surface area contributed by atoms with Crippen molar-refractivity contribution in [1.29, 1.82) is 0 Å². The molecule has 1 aromatic carbocycles. The molecule has 0 aliphatic carbocycles. The number of amides is 1. The van der Waals surface area contributed by atoms with Gasteiger partial charge in [-0.25, -0.2) is 0 Å². The highest BCUT2D eigenvalue weighted by Gasteiger charge is 2.10. The lowest BCUT2D eigenvalue weighted by Crippen LogP contribution is -2.32. The van der Waals surface area contributed by atoms with Crippen molar-refractivity contribution in [3.63, 3.8) is 0 Å². The van der Waals surface area contributed by atoms with Gasteiger partial charge in [-0.3, -0.25) is 4.79 Å². The summed E-state index contributed by atoms with van der Waals surface area (Å²) in [5, 5.41) is 21.1. The van der Waals surface area contributed by atoms with Gasteiger partial charge in [-0.1, -0.05) is 0 Å². The number of terminal acetylenes is 1. The van der Waals surface area contributed by atoms with Crippen LogP contribution in [0.25, 0.3) is 0 Å². The smallest absolute Gasteiger partial charge is 0.251 e. The fraction of sp³-hybridized carbons (Fsp3) is 0.250. The maximum Gasteiger partial charge on any atom is 0.251 e. The van der Waals surface area contributed by atoms with Crippen LogP contribution in [0, 0.1) is 12.3 Å². The van der Waals surface area contributed by atoms with E-state index in [0.29, 0.717) is 6.42 Å². The van der Waals surface area contributed by atoms with Gasteiger partial charge < -0.3 is 15.5 Å². The van der Waals surface area contributed by atoms with Crippen LogP contribution in [0.1, 0.15) is 23.7 Å². The van der Waals surface area contributed by atoms with Crippen molar-refractivity contribution < 1.29 is 15.0 Å². The normalized spacial score (nSPS) is 11.5. The molecule has 4 heteroatoms. The summed E-state index contributed by atoms with van der Waals surface area (Å²) in [5.41, 5.74) is 0.196. The minimum absolute atomic E-state index is 0.151. The number of phenols is 2. The van der Waals surface area contributed by atoms with Gasteiger partial charge in [-0.2, -0.15) is 0 Å². The summed E-state index contributed by atoms with van der Waals surface area (Å²) in [7, 11) is 0. The van der Waals surface area contributed by atoms with Crippen LogP contribution in [0.2, 0.25) is 0 Å². The Hall–Kier alpha value is -2.15. The highest BCUT2D eigenvalue weighted by Crippen LogP contribution is 2.20. The summed E-state index contributed by atoms with van der Waals surface area (Å²) >= 11 is 0. The molecule has 0 spiro atoms. The molecule has 1 atom stereocenters. The summed E-state index contributed by atoms with van der Waals surface area (Å²) in [6.07, 6.45) is 5.54. The fourth-order valence-electron chi connectivity index (χ4n) is 1.26. The quantitative estimate of drug-likeness (QED) is 0.670. The van der Waals surface area contributed by atoms with Gasteiger partial charge in [0.15, 0.2) is 0 Å². The molecular formula is C12H13NO3. The van der Waals surface area contributed by atoms with Crippen molar-refractivity contribution in [3.05, 3.63) is 23.8 Å². The second-order valence-corrected chi connectivity index (χ2v) is 3.52. The van der Waals surface area contributed by atoms with Crippen molar-refractivity contribution in [3.8, 4) is 23.8 Å². The van der Waals surface area contributed by atoms with Gasteiger partial charge in [0, 0.05) is 24.1 Å². The molecule has 0 saturated carbocycles. The molecule has 1 aromatic rings. The predicted octanol–water partition coefficient (Wildman–Crippen LogP) is 1.24. The van der Waals surface area contributed by atoms with Gasteiger partial charge in [-0.05, 0) is 19.1 Å². The first-order chi connectivity index (χ1) is 7.52. The Balaban J connectivity index is 2.77. The molecule has 3 N–H and O–H groups in total. The van der Waals surface area contributed by atoms with E-state index in [1.807, 2.05) is 0 Å². The molecule has 84 valence electrons. The van der Waals surface area contributed by atoms with Crippen molar-refractivity contribution in [2.75, 3.05) is 0 Å². The topological polar surface area (TPSA) is 69.6 Å².